The molecule has 0 saturated carbocycles. The molecule has 1 aromatic rings. The minimum absolute atomic E-state index is 0.637. The van der Waals surface area contributed by atoms with Crippen LogP contribution in [0.2, 0.25) is 0 Å². The maximum Gasteiger partial charge on any atom is 0.125 e. The molecule has 0 bridgehead atoms. The van der Waals surface area contributed by atoms with E-state index in [9.17, 15) is 5.11 Å². The van der Waals surface area contributed by atoms with Crippen LogP contribution < -0.4 is 4.74 Å². The predicted octanol–water partition coefficient (Wildman–Crippen LogP) is 1.85. The fourth-order valence-corrected chi connectivity index (χ4v) is 2.02. The number of hydrogen-bond donors (Lipinski definition) is 1. The van der Waals surface area contributed by atoms with Gasteiger partial charge in [0.2, 0.25) is 0 Å². The van der Waals surface area contributed by atoms with Crippen LogP contribution in [-0.2, 0) is 12.0 Å². The highest BCUT2D eigenvalue weighted by Crippen LogP contribution is 2.46. The summed E-state index contributed by atoms with van der Waals surface area (Å²) in [5.41, 5.74) is 1.56. The summed E-state index contributed by atoms with van der Waals surface area (Å²) in [6.07, 6.45) is 1.51. The number of hydrogen-bond acceptors (Lipinski definition) is 2. The summed E-state index contributed by atoms with van der Waals surface area (Å²) in [5, 5.41) is 10.1. The van der Waals surface area contributed by atoms with E-state index in [4.69, 9.17) is 4.74 Å². The molecule has 70 valence electrons. The normalized spacial score (nSPS) is 24.8. The van der Waals surface area contributed by atoms with E-state index in [-0.39, 0.29) is 0 Å². The third kappa shape index (κ3) is 1.05. The summed E-state index contributed by atoms with van der Waals surface area (Å²) < 4.78 is 5.21. The smallest absolute Gasteiger partial charge is 0.125 e. The largest absolute Gasteiger partial charge is 0.496 e. The van der Waals surface area contributed by atoms with E-state index >= 15 is 0 Å². The van der Waals surface area contributed by atoms with Crippen LogP contribution in [0.1, 0.15) is 24.5 Å². The first kappa shape index (κ1) is 8.57. The maximum absolute atomic E-state index is 10.1. The topological polar surface area (TPSA) is 29.5 Å². The van der Waals surface area contributed by atoms with Gasteiger partial charge in [-0.1, -0.05) is 19.1 Å². The van der Waals surface area contributed by atoms with Gasteiger partial charge in [-0.05, 0) is 18.1 Å². The average Bonchev–Trinajstić information content (AvgIpc) is 2.15. The first-order valence-electron chi connectivity index (χ1n) is 4.60. The van der Waals surface area contributed by atoms with Crippen LogP contribution in [0, 0.1) is 0 Å². The van der Waals surface area contributed by atoms with E-state index in [2.05, 4.69) is 0 Å². The highest BCUT2D eigenvalue weighted by molar-refractivity contribution is 5.51. The van der Waals surface area contributed by atoms with Crippen LogP contribution in [0.5, 0.6) is 5.75 Å². The first-order chi connectivity index (χ1) is 6.21. The van der Waals surface area contributed by atoms with Gasteiger partial charge >= 0.3 is 0 Å². The number of fused-ring (bicyclic) bond motifs is 1. The highest BCUT2D eigenvalue weighted by Gasteiger charge is 2.41. The Hall–Kier alpha value is -1.02. The van der Waals surface area contributed by atoms with Crippen molar-refractivity contribution in [2.45, 2.75) is 25.4 Å². The van der Waals surface area contributed by atoms with Crippen LogP contribution >= 0.6 is 0 Å². The van der Waals surface area contributed by atoms with Gasteiger partial charge in [-0.3, -0.25) is 0 Å². The molecule has 0 amide bonds. The summed E-state index contributed by atoms with van der Waals surface area (Å²) in [5.74, 6) is 0.813. The number of benzene rings is 1. The van der Waals surface area contributed by atoms with Crippen LogP contribution in [0.15, 0.2) is 18.2 Å². The number of rotatable bonds is 2. The second kappa shape index (κ2) is 2.74. The number of ether oxygens (including phenoxy) is 1. The summed E-state index contributed by atoms with van der Waals surface area (Å²) in [6, 6.07) is 5.91. The molecule has 0 fully saturated rings. The Morgan fingerprint density at radius 1 is 1.54 bits per heavy atom. The maximum atomic E-state index is 10.1. The minimum atomic E-state index is -0.637. The first-order valence-corrected chi connectivity index (χ1v) is 4.60. The lowest BCUT2D eigenvalue weighted by Crippen LogP contribution is -2.38. The second-order valence-corrected chi connectivity index (χ2v) is 3.56. The monoisotopic (exact) mass is 178 g/mol. The minimum Gasteiger partial charge on any atom is -0.496 e. The molecule has 0 heterocycles. The molecule has 0 saturated heterocycles. The van der Waals surface area contributed by atoms with Gasteiger partial charge in [-0.2, -0.15) is 0 Å². The van der Waals surface area contributed by atoms with E-state index in [1.54, 1.807) is 7.11 Å². The lowest BCUT2D eigenvalue weighted by atomic mass is 9.71. The van der Waals surface area contributed by atoms with Crippen LogP contribution in [0.4, 0.5) is 0 Å². The zero-order valence-corrected chi connectivity index (χ0v) is 8.00. The molecule has 2 rings (SSSR count). The standard InChI is InChI=1S/C11H14O2/c1-3-11(12)7-8-5-4-6-9(13-2)10(8)11/h4-6,12H,3,7H2,1-2H3/t11-/m1/s1. The number of methoxy groups -OCH3 is 1. The van der Waals surface area contributed by atoms with Crippen molar-refractivity contribution < 1.29 is 9.84 Å². The zero-order valence-electron chi connectivity index (χ0n) is 8.00. The Kier molecular flexibility index (Phi) is 1.81. The van der Waals surface area contributed by atoms with Gasteiger partial charge < -0.3 is 9.84 Å². The van der Waals surface area contributed by atoms with Gasteiger partial charge in [-0.15, -0.1) is 0 Å². The lowest BCUT2D eigenvalue weighted by molar-refractivity contribution is 0.00600. The lowest BCUT2D eigenvalue weighted by Gasteiger charge is -2.39. The van der Waals surface area contributed by atoms with Gasteiger partial charge in [0.15, 0.2) is 0 Å². The zero-order chi connectivity index (χ0) is 9.47. The Balaban J connectivity index is 2.49. The summed E-state index contributed by atoms with van der Waals surface area (Å²) in [4.78, 5) is 0. The Morgan fingerprint density at radius 2 is 2.31 bits per heavy atom. The Labute approximate surface area is 78.2 Å². The Bertz CT molecular complexity index is 333. The molecule has 1 N–H and O–H groups in total. The van der Waals surface area contributed by atoms with Crippen molar-refractivity contribution in [1.82, 2.24) is 0 Å². The van der Waals surface area contributed by atoms with Crippen molar-refractivity contribution >= 4 is 0 Å². The van der Waals surface area contributed by atoms with E-state index in [0.717, 1.165) is 24.2 Å². The van der Waals surface area contributed by atoms with E-state index in [1.807, 2.05) is 25.1 Å². The van der Waals surface area contributed by atoms with Crippen molar-refractivity contribution in [3.8, 4) is 5.75 Å². The molecule has 0 unspecified atom stereocenters. The van der Waals surface area contributed by atoms with Crippen molar-refractivity contribution in [3.05, 3.63) is 29.3 Å². The van der Waals surface area contributed by atoms with Gasteiger partial charge in [0.05, 0.1) is 12.7 Å². The van der Waals surface area contributed by atoms with Gasteiger partial charge in [-0.25, -0.2) is 0 Å². The van der Waals surface area contributed by atoms with Crippen LogP contribution in [0.3, 0.4) is 0 Å². The van der Waals surface area contributed by atoms with E-state index in [1.165, 1.54) is 5.56 Å². The van der Waals surface area contributed by atoms with Gasteiger partial charge in [0, 0.05) is 12.0 Å². The summed E-state index contributed by atoms with van der Waals surface area (Å²) in [6.45, 7) is 2.00. The molecule has 0 radical (unpaired) electrons. The SMILES string of the molecule is CC[C@@]1(O)Cc2cccc(OC)c21. The molecule has 0 spiro atoms. The molecular formula is C11H14O2. The Morgan fingerprint density at radius 3 is 2.92 bits per heavy atom. The average molecular weight is 178 g/mol. The molecule has 1 atom stereocenters. The fourth-order valence-electron chi connectivity index (χ4n) is 2.02. The highest BCUT2D eigenvalue weighted by atomic mass is 16.5. The molecule has 0 aliphatic heterocycles. The van der Waals surface area contributed by atoms with Crippen molar-refractivity contribution in [2.75, 3.05) is 7.11 Å². The summed E-state index contributed by atoms with van der Waals surface area (Å²) >= 11 is 0. The fraction of sp³-hybridized carbons (Fsp3) is 0.455. The van der Waals surface area contributed by atoms with Gasteiger partial charge in [0.1, 0.15) is 5.75 Å². The molecular weight excluding hydrogens is 164 g/mol. The van der Waals surface area contributed by atoms with Crippen molar-refractivity contribution in [1.29, 1.82) is 0 Å². The summed E-state index contributed by atoms with van der Waals surface area (Å²) in [7, 11) is 1.64. The predicted molar refractivity (Wildman–Crippen MR) is 50.9 cm³/mol. The van der Waals surface area contributed by atoms with Crippen LogP contribution in [0.25, 0.3) is 0 Å². The third-order valence-corrected chi connectivity index (χ3v) is 2.87. The van der Waals surface area contributed by atoms with Crippen molar-refractivity contribution in [2.24, 2.45) is 0 Å². The van der Waals surface area contributed by atoms with Crippen molar-refractivity contribution in [3.63, 3.8) is 0 Å². The third-order valence-electron chi connectivity index (χ3n) is 2.87. The molecule has 2 heteroatoms. The van der Waals surface area contributed by atoms with Gasteiger partial charge in [0.25, 0.3) is 0 Å². The molecule has 0 aromatic heterocycles. The van der Waals surface area contributed by atoms with E-state index < -0.39 is 5.60 Å². The molecule has 1 aliphatic rings. The second-order valence-electron chi connectivity index (χ2n) is 3.56. The molecule has 1 aliphatic carbocycles. The quantitative estimate of drug-likeness (QED) is 0.748. The van der Waals surface area contributed by atoms with E-state index in [0.29, 0.717) is 0 Å². The molecule has 2 nitrogen and oxygen atoms in total. The number of aliphatic hydroxyl groups is 1. The molecule has 1 aromatic carbocycles. The molecule has 13 heavy (non-hydrogen) atoms. The van der Waals surface area contributed by atoms with Crippen LogP contribution in [-0.4, -0.2) is 12.2 Å².